The van der Waals surface area contributed by atoms with Gasteiger partial charge in [0, 0.05) is 28.5 Å². The highest BCUT2D eigenvalue weighted by Gasteiger charge is 2.31. The second kappa shape index (κ2) is 6.98. The van der Waals surface area contributed by atoms with Crippen molar-refractivity contribution in [2.75, 3.05) is 25.2 Å². The summed E-state index contributed by atoms with van der Waals surface area (Å²) in [5.74, 6) is 1.96. The average molecular weight is 381 g/mol. The Hall–Kier alpha value is -2.37. The van der Waals surface area contributed by atoms with Crippen LogP contribution in [0.25, 0.3) is 16.7 Å². The number of nitrogens with one attached hydrogen (secondary N) is 2. The average Bonchev–Trinajstić information content (AvgIpc) is 3.18. The molecule has 0 fully saturated rings. The second-order valence-electron chi connectivity index (χ2n) is 6.88. The smallest absolute Gasteiger partial charge is 0.203 e. The highest BCUT2D eigenvalue weighted by atomic mass is 32.2. The largest absolute Gasteiger partial charge is 0.496 e. The summed E-state index contributed by atoms with van der Waals surface area (Å²) in [5.41, 5.74) is 7.62. The third-order valence-corrected chi connectivity index (χ3v) is 6.36. The van der Waals surface area contributed by atoms with Crippen LogP contribution in [0.15, 0.2) is 47.2 Å². The highest BCUT2D eigenvalue weighted by molar-refractivity contribution is 8.04. The number of anilines is 1. The van der Waals surface area contributed by atoms with Crippen LogP contribution in [0.2, 0.25) is 0 Å². The molecule has 2 aromatic carbocycles. The Labute approximate surface area is 164 Å². The topological polar surface area (TPSA) is 53.5 Å². The number of thioether (sulfide) groups is 1. The van der Waals surface area contributed by atoms with Crippen LogP contribution in [0.4, 0.5) is 5.69 Å². The maximum atomic E-state index is 10.4. The lowest BCUT2D eigenvalue weighted by molar-refractivity contribution is 0.413. The van der Waals surface area contributed by atoms with Gasteiger partial charge in [0.25, 0.3) is 0 Å². The minimum Gasteiger partial charge on any atom is -0.496 e. The lowest BCUT2D eigenvalue weighted by Gasteiger charge is -2.27. The molecule has 140 valence electrons. The molecule has 2 aromatic rings. The third kappa shape index (κ3) is 2.91. The van der Waals surface area contributed by atoms with Crippen LogP contribution in [0, 0.1) is 6.92 Å². The number of fused-ring (bicyclic) bond motifs is 3. The lowest BCUT2D eigenvalue weighted by atomic mass is 9.87. The summed E-state index contributed by atoms with van der Waals surface area (Å²) in [4.78, 5) is 0.914. The van der Waals surface area contributed by atoms with Crippen LogP contribution >= 0.6 is 11.8 Å². The summed E-state index contributed by atoms with van der Waals surface area (Å²) >= 11 is 1.66. The van der Waals surface area contributed by atoms with E-state index in [2.05, 4.69) is 47.9 Å². The van der Waals surface area contributed by atoms with Gasteiger partial charge in [-0.3, -0.25) is 0 Å². The molecule has 0 amide bonds. The first kappa shape index (κ1) is 18.0. The van der Waals surface area contributed by atoms with E-state index in [1.165, 1.54) is 5.56 Å². The lowest BCUT2D eigenvalue weighted by Crippen LogP contribution is -2.13. The molecular weight excluding hydrogens is 356 g/mol. The number of benzene rings is 2. The van der Waals surface area contributed by atoms with Gasteiger partial charge in [-0.05, 0) is 43.7 Å². The Morgan fingerprint density at radius 2 is 1.96 bits per heavy atom. The van der Waals surface area contributed by atoms with E-state index in [-0.39, 0.29) is 5.88 Å². The number of methoxy groups -OCH3 is 1. The van der Waals surface area contributed by atoms with Crippen LogP contribution < -0.4 is 15.4 Å². The van der Waals surface area contributed by atoms with Gasteiger partial charge in [-0.15, -0.1) is 11.8 Å². The fraction of sp³-hybridized carbons (Fsp3) is 0.273. The van der Waals surface area contributed by atoms with E-state index in [9.17, 15) is 5.11 Å². The predicted molar refractivity (Wildman–Crippen MR) is 114 cm³/mol. The number of hydrogen-bond acceptors (Lipinski definition) is 5. The maximum absolute atomic E-state index is 10.4. The maximum Gasteiger partial charge on any atom is 0.203 e. The molecule has 1 atom stereocenters. The number of aliphatic hydroxyl groups is 1. The minimum absolute atomic E-state index is 0.244. The van der Waals surface area contributed by atoms with E-state index in [1.54, 1.807) is 18.9 Å². The van der Waals surface area contributed by atoms with Gasteiger partial charge in [0.2, 0.25) is 5.88 Å². The van der Waals surface area contributed by atoms with Crippen molar-refractivity contribution in [2.45, 2.75) is 19.9 Å². The number of allylic oxidation sites excluding steroid dienone is 1. The van der Waals surface area contributed by atoms with E-state index in [4.69, 9.17) is 4.74 Å². The highest BCUT2D eigenvalue weighted by Crippen LogP contribution is 2.52. The number of ether oxygens (including phenoxy) is 1. The van der Waals surface area contributed by atoms with Crippen molar-refractivity contribution >= 4 is 23.0 Å². The molecule has 0 radical (unpaired) electrons. The monoisotopic (exact) mass is 380 g/mol. The molecule has 3 N–H and O–H groups in total. The molecule has 0 aromatic heterocycles. The molecule has 4 rings (SSSR count). The fourth-order valence-corrected chi connectivity index (χ4v) is 4.68. The first-order valence-corrected chi connectivity index (χ1v) is 10.1. The van der Waals surface area contributed by atoms with Gasteiger partial charge in [-0.2, -0.15) is 0 Å². The van der Waals surface area contributed by atoms with Crippen LogP contribution in [0.3, 0.4) is 0 Å². The van der Waals surface area contributed by atoms with Gasteiger partial charge >= 0.3 is 0 Å². The molecule has 2 aliphatic rings. The van der Waals surface area contributed by atoms with Gasteiger partial charge < -0.3 is 20.5 Å². The van der Waals surface area contributed by atoms with Crippen molar-refractivity contribution < 1.29 is 9.84 Å². The molecule has 0 spiro atoms. The summed E-state index contributed by atoms with van der Waals surface area (Å²) in [5, 5.41) is 16.9. The molecule has 2 aliphatic heterocycles. The molecule has 5 heteroatoms. The van der Waals surface area contributed by atoms with Crippen molar-refractivity contribution in [3.05, 3.63) is 63.9 Å². The molecule has 2 heterocycles. The summed E-state index contributed by atoms with van der Waals surface area (Å²) < 4.78 is 5.77. The van der Waals surface area contributed by atoms with E-state index >= 15 is 0 Å². The first-order valence-electron chi connectivity index (χ1n) is 9.08. The molecular formula is C22H24N2O2S. The Kier molecular flexibility index (Phi) is 4.66. The number of hydrogen-bond donors (Lipinski definition) is 3. The predicted octanol–water partition coefficient (Wildman–Crippen LogP) is 5.23. The SMILES string of the molecule is CN[C@H](C)c1ccc(-c2c(OC)cc(C)c3c2C2=CCSC2=C(O)N3)cc1. The number of aryl methyl sites for hydroxylation is 1. The molecule has 27 heavy (non-hydrogen) atoms. The van der Waals surface area contributed by atoms with Crippen molar-refractivity contribution in [1.29, 1.82) is 0 Å². The van der Waals surface area contributed by atoms with Gasteiger partial charge in [-0.1, -0.05) is 30.3 Å². The third-order valence-electron chi connectivity index (χ3n) is 5.33. The molecule has 0 aliphatic carbocycles. The molecule has 0 saturated carbocycles. The molecule has 4 nitrogen and oxygen atoms in total. The normalized spacial score (nSPS) is 16.4. The van der Waals surface area contributed by atoms with Crippen LogP contribution in [-0.2, 0) is 0 Å². The second-order valence-corrected chi connectivity index (χ2v) is 7.91. The van der Waals surface area contributed by atoms with E-state index in [0.717, 1.165) is 49.9 Å². The van der Waals surface area contributed by atoms with Gasteiger partial charge in [0.05, 0.1) is 17.7 Å². The quantitative estimate of drug-likeness (QED) is 0.678. The van der Waals surface area contributed by atoms with Gasteiger partial charge in [-0.25, -0.2) is 0 Å². The number of rotatable bonds is 4. The summed E-state index contributed by atoms with van der Waals surface area (Å²) in [6.45, 7) is 4.18. The Morgan fingerprint density at radius 3 is 2.63 bits per heavy atom. The van der Waals surface area contributed by atoms with E-state index < -0.39 is 0 Å². The van der Waals surface area contributed by atoms with Gasteiger partial charge in [0.1, 0.15) is 5.75 Å². The van der Waals surface area contributed by atoms with Gasteiger partial charge in [0.15, 0.2) is 0 Å². The van der Waals surface area contributed by atoms with E-state index in [1.807, 2.05) is 20.0 Å². The number of aliphatic hydroxyl groups excluding tert-OH is 1. The Balaban J connectivity index is 1.93. The van der Waals surface area contributed by atoms with Crippen molar-refractivity contribution in [1.82, 2.24) is 5.32 Å². The fourth-order valence-electron chi connectivity index (χ4n) is 3.73. The molecule has 0 bridgehead atoms. The summed E-state index contributed by atoms with van der Waals surface area (Å²) in [7, 11) is 3.68. The summed E-state index contributed by atoms with van der Waals surface area (Å²) in [6.07, 6.45) is 2.19. The Bertz CT molecular complexity index is 961. The van der Waals surface area contributed by atoms with E-state index in [0.29, 0.717) is 6.04 Å². The minimum atomic E-state index is 0.244. The zero-order chi connectivity index (χ0) is 19.1. The van der Waals surface area contributed by atoms with Crippen molar-refractivity contribution in [2.24, 2.45) is 0 Å². The van der Waals surface area contributed by atoms with Crippen LogP contribution in [0.1, 0.15) is 29.7 Å². The molecule has 0 unspecified atom stereocenters. The first-order chi connectivity index (χ1) is 13.0. The van der Waals surface area contributed by atoms with Crippen LogP contribution in [0.5, 0.6) is 5.75 Å². The zero-order valence-corrected chi connectivity index (χ0v) is 16.8. The zero-order valence-electron chi connectivity index (χ0n) is 16.0. The summed E-state index contributed by atoms with van der Waals surface area (Å²) in [6, 6.07) is 10.9. The van der Waals surface area contributed by atoms with Crippen molar-refractivity contribution in [3.63, 3.8) is 0 Å². The molecule has 0 saturated heterocycles. The van der Waals surface area contributed by atoms with Crippen molar-refractivity contribution in [3.8, 4) is 16.9 Å². The van der Waals surface area contributed by atoms with Crippen LogP contribution in [-0.4, -0.2) is 25.0 Å². The standard InChI is InChI=1S/C22H24N2O2S/c1-12-11-17(26-4)18(15-7-5-14(6-8-15)13(2)23-3)19-16-9-10-27-21(16)22(25)24-20(12)19/h5-9,11,13,23-25H,10H2,1-4H3/t13-/m1/s1. The Morgan fingerprint density at radius 1 is 1.22 bits per heavy atom.